The number of aryl methyl sites for hydroxylation is 1. The summed E-state index contributed by atoms with van der Waals surface area (Å²) in [6.45, 7) is 2.06. The molecule has 21 heavy (non-hydrogen) atoms. The molecule has 1 N–H and O–H groups in total. The molecule has 3 rings (SSSR count). The molecule has 0 bridgehead atoms. The van der Waals surface area contributed by atoms with Crippen LogP contribution in [0.25, 0.3) is 10.9 Å². The van der Waals surface area contributed by atoms with Gasteiger partial charge in [0.15, 0.2) is 0 Å². The number of hydrogen-bond acceptors (Lipinski definition) is 4. The van der Waals surface area contributed by atoms with Crippen molar-refractivity contribution >= 4 is 28.6 Å². The van der Waals surface area contributed by atoms with Gasteiger partial charge in [-0.25, -0.2) is 0 Å². The molecule has 1 aliphatic rings. The average Bonchev–Trinajstić information content (AvgIpc) is 2.98. The molecule has 1 aliphatic carbocycles. The molecule has 0 atom stereocenters. The topological polar surface area (TPSA) is 54.9 Å². The molecule has 1 fully saturated rings. The van der Waals surface area contributed by atoms with Crippen LogP contribution >= 0.6 is 11.8 Å². The van der Waals surface area contributed by atoms with Crippen molar-refractivity contribution < 1.29 is 4.79 Å². The molecule has 1 aromatic carbocycles. The lowest BCUT2D eigenvalue weighted by Crippen LogP contribution is -2.33. The van der Waals surface area contributed by atoms with Crippen LogP contribution in [0.5, 0.6) is 0 Å². The zero-order valence-corrected chi connectivity index (χ0v) is 12.9. The van der Waals surface area contributed by atoms with E-state index in [0.717, 1.165) is 28.6 Å². The van der Waals surface area contributed by atoms with Gasteiger partial charge in [0.25, 0.3) is 0 Å². The molecule has 4 nitrogen and oxygen atoms in total. The summed E-state index contributed by atoms with van der Waals surface area (Å²) in [5, 5.41) is 12.3. The molecule has 1 saturated carbocycles. The molecule has 0 unspecified atom stereocenters. The maximum atomic E-state index is 12.0. The molecule has 5 heteroatoms. The molecule has 2 aromatic rings. The van der Waals surface area contributed by atoms with Gasteiger partial charge in [0, 0.05) is 16.3 Å². The lowest BCUT2D eigenvalue weighted by Gasteiger charge is -2.11. The second kappa shape index (κ2) is 6.43. The number of carbonyl (C=O) groups excluding carboxylic acids is 1. The minimum atomic E-state index is 0.115. The molecule has 0 spiro atoms. The minimum absolute atomic E-state index is 0.115. The van der Waals surface area contributed by atoms with Gasteiger partial charge in [0.2, 0.25) is 5.91 Å². The third-order valence-electron chi connectivity index (χ3n) is 3.84. The standard InChI is InChI=1S/C16H19N3OS/c1-11-6-7-14-13(8-11)15(9-17-19-14)21-10-16(20)18-12-4-2-3-5-12/h6-9,12H,2-5,10H2,1H3,(H,18,20). The Morgan fingerprint density at radius 1 is 1.38 bits per heavy atom. The molecule has 110 valence electrons. The Hall–Kier alpha value is -1.62. The number of amides is 1. The fourth-order valence-electron chi connectivity index (χ4n) is 2.75. The van der Waals surface area contributed by atoms with Gasteiger partial charge in [-0.15, -0.1) is 11.8 Å². The highest BCUT2D eigenvalue weighted by Crippen LogP contribution is 2.26. The van der Waals surface area contributed by atoms with Gasteiger partial charge in [-0.1, -0.05) is 24.5 Å². The number of nitrogens with zero attached hydrogens (tertiary/aromatic N) is 2. The molecular formula is C16H19N3OS. The zero-order valence-electron chi connectivity index (χ0n) is 12.1. The number of nitrogens with one attached hydrogen (secondary N) is 1. The predicted octanol–water partition coefficient (Wildman–Crippen LogP) is 3.09. The van der Waals surface area contributed by atoms with E-state index in [-0.39, 0.29) is 5.91 Å². The Balaban J connectivity index is 1.67. The van der Waals surface area contributed by atoms with Crippen molar-refractivity contribution in [2.24, 2.45) is 0 Å². The lowest BCUT2D eigenvalue weighted by molar-refractivity contribution is -0.119. The summed E-state index contributed by atoms with van der Waals surface area (Å²) in [5.74, 6) is 0.551. The van der Waals surface area contributed by atoms with Crippen molar-refractivity contribution in [3.05, 3.63) is 30.0 Å². The number of thioether (sulfide) groups is 1. The van der Waals surface area contributed by atoms with E-state index < -0.39 is 0 Å². The first kappa shape index (κ1) is 14.3. The van der Waals surface area contributed by atoms with Crippen LogP contribution in [0, 0.1) is 6.92 Å². The van der Waals surface area contributed by atoms with Gasteiger partial charge in [-0.3, -0.25) is 4.79 Å². The van der Waals surface area contributed by atoms with Crippen LogP contribution in [0.1, 0.15) is 31.2 Å². The van der Waals surface area contributed by atoms with Gasteiger partial charge in [-0.2, -0.15) is 10.2 Å². The minimum Gasteiger partial charge on any atom is -0.353 e. The van der Waals surface area contributed by atoms with Crippen molar-refractivity contribution in [3.8, 4) is 0 Å². The number of carbonyl (C=O) groups is 1. The lowest BCUT2D eigenvalue weighted by atomic mass is 10.1. The maximum Gasteiger partial charge on any atom is 0.230 e. The number of fused-ring (bicyclic) bond motifs is 1. The van der Waals surface area contributed by atoms with Crippen molar-refractivity contribution in [2.75, 3.05) is 5.75 Å². The Bertz CT molecular complexity index is 653. The summed E-state index contributed by atoms with van der Waals surface area (Å²) in [7, 11) is 0. The van der Waals surface area contributed by atoms with E-state index in [1.807, 2.05) is 12.1 Å². The molecule has 1 amide bonds. The smallest absolute Gasteiger partial charge is 0.230 e. The van der Waals surface area contributed by atoms with E-state index in [1.165, 1.54) is 30.2 Å². The van der Waals surface area contributed by atoms with Gasteiger partial charge in [0.1, 0.15) is 0 Å². The quantitative estimate of drug-likeness (QED) is 0.882. The van der Waals surface area contributed by atoms with Crippen molar-refractivity contribution in [3.63, 3.8) is 0 Å². The highest BCUT2D eigenvalue weighted by atomic mass is 32.2. The van der Waals surface area contributed by atoms with E-state index in [0.29, 0.717) is 11.8 Å². The monoisotopic (exact) mass is 301 g/mol. The largest absolute Gasteiger partial charge is 0.353 e. The first-order chi connectivity index (χ1) is 10.2. The number of hydrogen-bond donors (Lipinski definition) is 1. The average molecular weight is 301 g/mol. The summed E-state index contributed by atoms with van der Waals surface area (Å²) in [5.41, 5.74) is 2.06. The van der Waals surface area contributed by atoms with Crippen LogP contribution in [-0.2, 0) is 4.79 Å². The van der Waals surface area contributed by atoms with Gasteiger partial charge >= 0.3 is 0 Å². The SMILES string of the molecule is Cc1ccc2nncc(SCC(=O)NC3CCCC3)c2c1. The third-order valence-corrected chi connectivity index (χ3v) is 4.88. The van der Waals surface area contributed by atoms with E-state index in [2.05, 4.69) is 28.5 Å². The molecule has 1 aromatic heterocycles. The Labute approximate surface area is 128 Å². The fourth-order valence-corrected chi connectivity index (χ4v) is 3.56. The van der Waals surface area contributed by atoms with Gasteiger partial charge < -0.3 is 5.32 Å². The Morgan fingerprint density at radius 2 is 2.19 bits per heavy atom. The summed E-state index contributed by atoms with van der Waals surface area (Å²) in [6, 6.07) is 6.48. The van der Waals surface area contributed by atoms with Gasteiger partial charge in [-0.05, 0) is 31.9 Å². The van der Waals surface area contributed by atoms with Crippen LogP contribution in [-0.4, -0.2) is 27.9 Å². The first-order valence-corrected chi connectivity index (χ1v) is 8.35. The van der Waals surface area contributed by atoms with E-state index in [9.17, 15) is 4.79 Å². The third kappa shape index (κ3) is 3.53. The molecule has 1 heterocycles. The molecule has 0 saturated heterocycles. The van der Waals surface area contributed by atoms with Crippen LogP contribution in [0.4, 0.5) is 0 Å². The molecular weight excluding hydrogens is 282 g/mol. The van der Waals surface area contributed by atoms with Crippen LogP contribution in [0.2, 0.25) is 0 Å². The first-order valence-electron chi connectivity index (χ1n) is 7.36. The Morgan fingerprint density at radius 3 is 3.00 bits per heavy atom. The highest BCUT2D eigenvalue weighted by molar-refractivity contribution is 8.00. The number of rotatable bonds is 4. The van der Waals surface area contributed by atoms with Gasteiger partial charge in [0.05, 0.1) is 17.5 Å². The van der Waals surface area contributed by atoms with E-state index in [4.69, 9.17) is 0 Å². The summed E-state index contributed by atoms with van der Waals surface area (Å²) in [6.07, 6.45) is 6.45. The molecule has 0 aliphatic heterocycles. The summed E-state index contributed by atoms with van der Waals surface area (Å²) < 4.78 is 0. The van der Waals surface area contributed by atoms with Crippen LogP contribution < -0.4 is 5.32 Å². The number of aromatic nitrogens is 2. The Kier molecular flexibility index (Phi) is 4.39. The fraction of sp³-hybridized carbons (Fsp3) is 0.438. The van der Waals surface area contributed by atoms with Crippen LogP contribution in [0.3, 0.4) is 0 Å². The van der Waals surface area contributed by atoms with Crippen molar-refractivity contribution in [1.82, 2.24) is 15.5 Å². The predicted molar refractivity (Wildman–Crippen MR) is 85.4 cm³/mol. The highest BCUT2D eigenvalue weighted by Gasteiger charge is 2.17. The van der Waals surface area contributed by atoms with E-state index in [1.54, 1.807) is 6.20 Å². The second-order valence-electron chi connectivity index (χ2n) is 5.57. The number of benzene rings is 1. The van der Waals surface area contributed by atoms with E-state index >= 15 is 0 Å². The van der Waals surface area contributed by atoms with Crippen molar-refractivity contribution in [1.29, 1.82) is 0 Å². The second-order valence-corrected chi connectivity index (χ2v) is 6.58. The van der Waals surface area contributed by atoms with Crippen LogP contribution in [0.15, 0.2) is 29.3 Å². The normalized spacial score (nSPS) is 15.5. The zero-order chi connectivity index (χ0) is 14.7. The summed E-state index contributed by atoms with van der Waals surface area (Å²) >= 11 is 1.54. The van der Waals surface area contributed by atoms with Crippen molar-refractivity contribution in [2.45, 2.75) is 43.5 Å². The maximum absolute atomic E-state index is 12.0. The molecule has 0 radical (unpaired) electrons. The summed E-state index contributed by atoms with van der Waals surface area (Å²) in [4.78, 5) is 13.0.